The molecule has 4 aliphatic rings. The summed E-state index contributed by atoms with van der Waals surface area (Å²) < 4.78 is 35.3. The van der Waals surface area contributed by atoms with Crippen LogP contribution in [0.2, 0.25) is 0 Å². The molecule has 3 aliphatic heterocycles. The number of primary amides is 1. The van der Waals surface area contributed by atoms with Crippen LogP contribution in [0.25, 0.3) is 16.5 Å². The summed E-state index contributed by atoms with van der Waals surface area (Å²) in [6, 6.07) is 13.4. The molecule has 12 N–H and O–H groups in total. The number of Topliss-reactive ketones (excluding diaryl/α,β-unsaturated/α-hetero) is 1. The third kappa shape index (κ3) is 19.2. The first-order valence-corrected chi connectivity index (χ1v) is 36.0. The Morgan fingerprint density at radius 2 is 1.48 bits per heavy atom. The van der Waals surface area contributed by atoms with Gasteiger partial charge in [-0.15, -0.1) is 0 Å². The third-order valence-electron chi connectivity index (χ3n) is 18.9. The lowest BCUT2D eigenvalue weighted by molar-refractivity contribution is -0.147. The minimum absolute atomic E-state index is 0.0142. The first kappa shape index (κ1) is 74.6. The second-order valence-electron chi connectivity index (χ2n) is 26.2. The molecule has 4 aromatic carbocycles. The summed E-state index contributed by atoms with van der Waals surface area (Å²) in [6.45, 7) is 4.69. The van der Waals surface area contributed by atoms with Crippen molar-refractivity contribution in [2.75, 3.05) is 38.2 Å². The van der Waals surface area contributed by atoms with Crippen LogP contribution < -0.4 is 48.1 Å². The normalized spacial score (nSPS) is 25.2. The molecule has 0 radical (unpaired) electrons. The molecular formula is C72H89F2N11O12S2. The van der Waals surface area contributed by atoms with Gasteiger partial charge in [0.15, 0.2) is 5.78 Å². The van der Waals surface area contributed by atoms with Gasteiger partial charge in [-0.05, 0) is 167 Å². The van der Waals surface area contributed by atoms with Gasteiger partial charge in [-0.2, -0.15) is 23.5 Å². The molecule has 530 valence electrons. The Morgan fingerprint density at radius 3 is 2.21 bits per heavy atom. The fourth-order valence-corrected chi connectivity index (χ4v) is 15.2. The number of ketones is 1. The van der Waals surface area contributed by atoms with Crippen LogP contribution in [0.4, 0.5) is 8.78 Å². The predicted octanol–water partition coefficient (Wildman–Crippen LogP) is 4.71. The number of aromatic amines is 1. The van der Waals surface area contributed by atoms with Crippen molar-refractivity contribution in [1.29, 1.82) is 0 Å². The highest BCUT2D eigenvalue weighted by molar-refractivity contribution is 7.98. The summed E-state index contributed by atoms with van der Waals surface area (Å²) >= 11 is 2.86. The van der Waals surface area contributed by atoms with E-state index in [1.807, 2.05) is 24.3 Å². The van der Waals surface area contributed by atoms with Gasteiger partial charge in [0.05, 0.1) is 19.3 Å². The molecule has 0 saturated carbocycles. The van der Waals surface area contributed by atoms with Crippen molar-refractivity contribution in [2.45, 2.75) is 170 Å². The van der Waals surface area contributed by atoms with Crippen molar-refractivity contribution in [1.82, 2.24) is 46.7 Å². The molecule has 0 spiro atoms. The number of ether oxygens (including phenoxy) is 1. The molecule has 9 rings (SSSR count). The molecule has 2 bridgehead atoms. The number of nitrogens with zero attached hydrogens (tertiary/aromatic N) is 2. The number of H-pyrrole nitrogens is 1. The number of fused-ring (bicyclic) bond motifs is 6. The van der Waals surface area contributed by atoms with E-state index in [0.29, 0.717) is 88.4 Å². The Balaban J connectivity index is 1.04. The Hall–Kier alpha value is -8.66. The van der Waals surface area contributed by atoms with Gasteiger partial charge in [-0.25, -0.2) is 8.78 Å². The van der Waals surface area contributed by atoms with Crippen LogP contribution in [0.5, 0.6) is 5.75 Å². The van der Waals surface area contributed by atoms with E-state index in [4.69, 9.17) is 16.2 Å². The minimum Gasteiger partial charge on any atom is -0.497 e. The molecule has 1 aliphatic carbocycles. The summed E-state index contributed by atoms with van der Waals surface area (Å²) in [5.41, 5.74) is 15.4. The number of rotatable bonds is 13. The zero-order chi connectivity index (χ0) is 71.1. The van der Waals surface area contributed by atoms with Crippen molar-refractivity contribution in [2.24, 2.45) is 17.4 Å². The average Bonchev–Trinajstić information content (AvgIpc) is 1.71. The molecule has 2 saturated heterocycles. The molecule has 10 atom stereocenters. The van der Waals surface area contributed by atoms with Gasteiger partial charge in [0.1, 0.15) is 59.2 Å². The van der Waals surface area contributed by atoms with Crippen molar-refractivity contribution in [3.05, 3.63) is 142 Å². The second-order valence-corrected chi connectivity index (χ2v) is 28.3. The number of carbonyl (C=O) groups excluding carboxylic acids is 10. The SMILES string of the molecule is COc1ccc(C[C@@H]2NC(=O)[C@H]([C@@H](C)O)NC(=O)[C@@H]3CCCN3C(=O)[C@H](CC3=CCc4ccc(F)cc43)NC(=O)[C@H](Cc3c[nH]c4ccc(F)cc34)CC(=O)[C@@H](C)NC(=O)[C@H](CCCCN)NC(=O)CCSCc3cccc(c3)CSC[C@@H](C(N)=O)NC(=O)[C@]3(C)CCCN3C2=O)cc1. The van der Waals surface area contributed by atoms with Gasteiger partial charge in [-0.3, -0.25) is 47.9 Å². The van der Waals surface area contributed by atoms with Gasteiger partial charge in [0, 0.05) is 84.8 Å². The van der Waals surface area contributed by atoms with E-state index in [2.05, 4.69) is 36.9 Å². The number of aromatic nitrogens is 1. The Kier molecular flexibility index (Phi) is 25.9. The number of thioether (sulfide) groups is 2. The standard InChI is InChI=1S/C72H89F2N11O12S2/c1-41-61(87)34-48(32-49-37-77-55-23-20-51(74)36-54(49)55)65(90)80-58(33-47-17-16-46-18-19-50(73)35-53(46)47)69(94)84-27-8-13-60(84)67(92)83-63(42(2)86)68(93)81-57(31-43-14-21-52(97-4)22-15-43)70(95)85-28-9-25-72(85,3)71(96)82-59(64(76)89)40-99-39-45-11-7-10-44(30-45)38-98-29-24-62(88)79-56(66(91)78-41)12-5-6-26-75/h7,10-11,14-15,17-23,30,35-37,41-42,48,56-60,63,77,86H,5-6,8-9,12-13,16,24-29,31-34,38-40,75H2,1-4H3,(H2,76,89)(H,78,91)(H,79,88)(H,80,90)(H,81,93)(H,82,96)(H,83,92)/t41-,42-,48-,56+,57+,58+,59+,60+,63+,72+/m1/s1. The highest BCUT2D eigenvalue weighted by atomic mass is 32.2. The quantitative estimate of drug-likeness (QED) is 0.0714. The minimum atomic E-state index is -1.74. The number of nitrogens with one attached hydrogen (secondary N) is 7. The summed E-state index contributed by atoms with van der Waals surface area (Å²) in [5, 5.41) is 28.5. The predicted molar refractivity (Wildman–Crippen MR) is 373 cm³/mol. The number of aliphatic hydroxyl groups excluding tert-OH is 1. The lowest BCUT2D eigenvalue weighted by atomic mass is 9.90. The van der Waals surface area contributed by atoms with Gasteiger partial charge < -0.3 is 68.0 Å². The van der Waals surface area contributed by atoms with Crippen LogP contribution >= 0.6 is 23.5 Å². The molecule has 0 unspecified atom stereocenters. The molecule has 1 aromatic heterocycles. The smallest absolute Gasteiger partial charge is 0.246 e. The maximum atomic E-state index is 15.5. The lowest BCUT2D eigenvalue weighted by Gasteiger charge is -2.37. The number of aliphatic hydroxyl groups is 1. The molecule has 4 heterocycles. The van der Waals surface area contributed by atoms with E-state index >= 15 is 18.8 Å². The maximum Gasteiger partial charge on any atom is 0.246 e. The topological polar surface area (TPSA) is 347 Å². The highest BCUT2D eigenvalue weighted by Gasteiger charge is 2.49. The van der Waals surface area contributed by atoms with E-state index in [1.54, 1.807) is 49.5 Å². The van der Waals surface area contributed by atoms with Crippen LogP contribution in [-0.2, 0) is 78.7 Å². The third-order valence-corrected chi connectivity index (χ3v) is 21.1. The van der Waals surface area contributed by atoms with Crippen LogP contribution in [0.15, 0.2) is 97.2 Å². The Bertz CT molecular complexity index is 3840. The molecule has 5 aromatic rings. The van der Waals surface area contributed by atoms with E-state index < -0.39 is 137 Å². The molecule has 9 amide bonds. The molecule has 99 heavy (non-hydrogen) atoms. The van der Waals surface area contributed by atoms with Crippen LogP contribution in [0, 0.1) is 17.6 Å². The average molecular weight is 1400 g/mol. The Labute approximate surface area is 582 Å². The number of hydrogen-bond acceptors (Lipinski definition) is 15. The number of allylic oxidation sites excluding steroid dienone is 1. The monoisotopic (exact) mass is 1400 g/mol. The van der Waals surface area contributed by atoms with Gasteiger partial charge in [0.25, 0.3) is 0 Å². The largest absolute Gasteiger partial charge is 0.497 e. The molecule has 23 nitrogen and oxygen atoms in total. The van der Waals surface area contributed by atoms with Crippen LogP contribution in [-0.4, -0.2) is 171 Å². The van der Waals surface area contributed by atoms with E-state index in [0.717, 1.165) is 16.7 Å². The number of carbonyl (C=O) groups is 10. The van der Waals surface area contributed by atoms with Crippen molar-refractivity contribution in [3.63, 3.8) is 0 Å². The van der Waals surface area contributed by atoms with Crippen LogP contribution in [0.3, 0.4) is 0 Å². The highest BCUT2D eigenvalue weighted by Crippen LogP contribution is 2.35. The summed E-state index contributed by atoms with van der Waals surface area (Å²) in [5.74, 6) is -7.61. The fourth-order valence-electron chi connectivity index (χ4n) is 13.3. The number of hydrogen-bond donors (Lipinski definition) is 10. The Morgan fingerprint density at radius 1 is 0.768 bits per heavy atom. The summed E-state index contributed by atoms with van der Waals surface area (Å²) in [4.78, 5) is 151. The van der Waals surface area contributed by atoms with Crippen LogP contribution in [0.1, 0.15) is 118 Å². The molecule has 27 heteroatoms. The zero-order valence-electron chi connectivity index (χ0n) is 56.1. The van der Waals surface area contributed by atoms with Gasteiger partial charge >= 0.3 is 0 Å². The number of nitrogens with two attached hydrogens (primary N) is 2. The second kappa shape index (κ2) is 34.4. The zero-order valence-corrected chi connectivity index (χ0v) is 57.8. The lowest BCUT2D eigenvalue weighted by Crippen LogP contribution is -2.64. The number of methoxy groups -OCH3 is 1. The van der Waals surface area contributed by atoms with Crippen molar-refractivity contribution < 1.29 is 66.6 Å². The number of benzene rings is 4. The van der Waals surface area contributed by atoms with E-state index in [9.17, 15) is 43.1 Å². The fraction of sp³-hybridized carbons (Fsp3) is 0.472. The number of amides is 9. The number of unbranched alkanes of at least 4 members (excludes halogenated alkanes) is 1. The van der Waals surface area contributed by atoms with E-state index in [1.165, 1.54) is 84.6 Å². The number of halogens is 2. The first-order chi connectivity index (χ1) is 47.4. The van der Waals surface area contributed by atoms with Crippen molar-refractivity contribution in [3.8, 4) is 5.75 Å². The van der Waals surface area contributed by atoms with Crippen molar-refractivity contribution >= 4 is 98.9 Å². The van der Waals surface area contributed by atoms with Gasteiger partial charge in [-0.1, -0.05) is 48.5 Å². The van der Waals surface area contributed by atoms with E-state index in [-0.39, 0.29) is 70.2 Å². The first-order valence-electron chi connectivity index (χ1n) is 33.7. The molecular weight excluding hydrogens is 1310 g/mol. The summed E-state index contributed by atoms with van der Waals surface area (Å²) in [7, 11) is 1.49. The summed E-state index contributed by atoms with van der Waals surface area (Å²) in [6.07, 6.45) is 3.29. The van der Waals surface area contributed by atoms with Gasteiger partial charge in [0.2, 0.25) is 53.2 Å². The molecule has 2 fully saturated rings. The maximum absolute atomic E-state index is 15.5.